The summed E-state index contributed by atoms with van der Waals surface area (Å²) in [5.41, 5.74) is 0.546. The first-order valence-corrected chi connectivity index (χ1v) is 12.0. The number of rotatable bonds is 9. The summed E-state index contributed by atoms with van der Waals surface area (Å²) in [6.07, 6.45) is -2.49. The molecule has 0 radical (unpaired) electrons. The molecule has 1 fully saturated rings. The quantitative estimate of drug-likeness (QED) is 0.428. The van der Waals surface area contributed by atoms with Gasteiger partial charge in [0.15, 0.2) is 5.69 Å². The first-order valence-electron chi connectivity index (χ1n) is 12.0. The highest BCUT2D eigenvalue weighted by atomic mass is 19.4. The van der Waals surface area contributed by atoms with Crippen LogP contribution in [0.5, 0.6) is 5.75 Å². The van der Waals surface area contributed by atoms with Gasteiger partial charge in [-0.1, -0.05) is 13.0 Å². The van der Waals surface area contributed by atoms with Crippen LogP contribution in [-0.4, -0.2) is 45.7 Å². The van der Waals surface area contributed by atoms with Crippen molar-refractivity contribution in [1.82, 2.24) is 15.1 Å². The van der Waals surface area contributed by atoms with E-state index in [1.807, 2.05) is 0 Å². The zero-order valence-corrected chi connectivity index (χ0v) is 20.6. The molecule has 0 aliphatic heterocycles. The maximum absolute atomic E-state index is 13.1. The molecule has 0 unspecified atom stereocenters. The van der Waals surface area contributed by atoms with Crippen LogP contribution in [0.2, 0.25) is 0 Å². The fraction of sp³-hybridized carbons (Fsp3) is 0.600. The Morgan fingerprint density at radius 3 is 2.58 bits per heavy atom. The molecular formula is C25H32F5N3O3. The van der Waals surface area contributed by atoms with Crippen LogP contribution in [0.15, 0.2) is 18.2 Å². The van der Waals surface area contributed by atoms with Gasteiger partial charge in [-0.25, -0.2) is 0 Å². The highest BCUT2D eigenvalue weighted by molar-refractivity contribution is 5.95. The molecule has 3 rings (SSSR count). The zero-order chi connectivity index (χ0) is 26.7. The normalized spacial score (nSPS) is 20.6. The van der Waals surface area contributed by atoms with Crippen molar-refractivity contribution in [3.8, 4) is 17.0 Å². The average Bonchev–Trinajstić information content (AvgIpc) is 3.07. The number of benzene rings is 1. The largest absolute Gasteiger partial charge is 0.434 e. The molecule has 1 aliphatic carbocycles. The van der Waals surface area contributed by atoms with E-state index in [1.54, 1.807) is 20.0 Å². The zero-order valence-electron chi connectivity index (χ0n) is 20.6. The van der Waals surface area contributed by atoms with Gasteiger partial charge in [0.05, 0.1) is 11.3 Å². The molecule has 200 valence electrons. The lowest BCUT2D eigenvalue weighted by Crippen LogP contribution is -2.45. The van der Waals surface area contributed by atoms with E-state index in [-0.39, 0.29) is 36.4 Å². The van der Waals surface area contributed by atoms with Crippen molar-refractivity contribution in [3.63, 3.8) is 0 Å². The van der Waals surface area contributed by atoms with Crippen LogP contribution in [0.3, 0.4) is 0 Å². The van der Waals surface area contributed by atoms with Gasteiger partial charge in [-0.3, -0.25) is 9.48 Å². The topological polar surface area (TPSA) is 76.4 Å². The molecule has 0 saturated heterocycles. The molecule has 1 aliphatic rings. The molecule has 36 heavy (non-hydrogen) atoms. The van der Waals surface area contributed by atoms with Gasteiger partial charge in [0.25, 0.3) is 5.91 Å². The smallest absolute Gasteiger partial charge is 0.389 e. The highest BCUT2D eigenvalue weighted by Gasteiger charge is 2.33. The molecule has 2 aromatic rings. The summed E-state index contributed by atoms with van der Waals surface area (Å²) in [5, 5.41) is 17.8. The van der Waals surface area contributed by atoms with Gasteiger partial charge in [0.2, 0.25) is 0 Å². The Kier molecular flexibility index (Phi) is 8.63. The number of ether oxygens (including phenoxy) is 1. The van der Waals surface area contributed by atoms with Crippen LogP contribution in [-0.2, 0) is 13.5 Å². The number of aliphatic hydroxyl groups is 1. The Bertz CT molecular complexity index is 1060. The van der Waals surface area contributed by atoms with E-state index in [0.29, 0.717) is 35.6 Å². The molecule has 1 aromatic heterocycles. The number of aryl methyl sites for hydroxylation is 2. The van der Waals surface area contributed by atoms with Crippen LogP contribution < -0.4 is 10.1 Å². The van der Waals surface area contributed by atoms with Gasteiger partial charge in [-0.15, -0.1) is 0 Å². The van der Waals surface area contributed by atoms with Crippen LogP contribution in [0.4, 0.5) is 22.0 Å². The fourth-order valence-corrected chi connectivity index (χ4v) is 4.63. The van der Waals surface area contributed by atoms with Gasteiger partial charge >= 0.3 is 12.8 Å². The van der Waals surface area contributed by atoms with E-state index in [9.17, 15) is 31.9 Å². The van der Waals surface area contributed by atoms with Crippen molar-refractivity contribution in [2.75, 3.05) is 6.54 Å². The lowest BCUT2D eigenvalue weighted by Gasteiger charge is -2.34. The summed E-state index contributed by atoms with van der Waals surface area (Å²) < 4.78 is 69.8. The number of nitrogens with one attached hydrogen (secondary N) is 1. The third-order valence-electron chi connectivity index (χ3n) is 6.72. The maximum atomic E-state index is 13.1. The number of carbonyl (C=O) groups excluding carboxylic acids is 1. The maximum Gasteiger partial charge on any atom is 0.389 e. The van der Waals surface area contributed by atoms with E-state index in [1.165, 1.54) is 16.8 Å². The van der Waals surface area contributed by atoms with Crippen LogP contribution >= 0.6 is 0 Å². The number of halogens is 5. The predicted octanol–water partition coefficient (Wildman–Crippen LogP) is 5.55. The Morgan fingerprint density at radius 1 is 1.31 bits per heavy atom. The molecule has 1 amide bonds. The van der Waals surface area contributed by atoms with Gasteiger partial charge in [-0.05, 0) is 69.1 Å². The van der Waals surface area contributed by atoms with Gasteiger partial charge < -0.3 is 15.2 Å². The number of carbonyl (C=O) groups is 1. The van der Waals surface area contributed by atoms with Gasteiger partial charge in [0.1, 0.15) is 5.75 Å². The fourth-order valence-electron chi connectivity index (χ4n) is 4.63. The van der Waals surface area contributed by atoms with Crippen molar-refractivity contribution in [2.45, 2.75) is 77.2 Å². The predicted molar refractivity (Wildman–Crippen MR) is 124 cm³/mol. The Morgan fingerprint density at radius 2 is 1.97 bits per heavy atom. The molecule has 0 spiro atoms. The molecule has 0 bridgehead atoms. The van der Waals surface area contributed by atoms with Crippen molar-refractivity contribution in [3.05, 3.63) is 35.0 Å². The number of nitrogens with zero attached hydrogens (tertiary/aromatic N) is 2. The summed E-state index contributed by atoms with van der Waals surface area (Å²) in [7, 11) is 1.55. The second kappa shape index (κ2) is 11.1. The van der Waals surface area contributed by atoms with E-state index >= 15 is 0 Å². The van der Waals surface area contributed by atoms with Crippen LogP contribution in [0.1, 0.15) is 67.1 Å². The minimum atomic E-state index is -4.30. The molecule has 11 heteroatoms. The van der Waals surface area contributed by atoms with Crippen molar-refractivity contribution < 1.29 is 36.6 Å². The van der Waals surface area contributed by atoms with Gasteiger partial charge in [-0.2, -0.15) is 27.1 Å². The van der Waals surface area contributed by atoms with E-state index in [2.05, 4.69) is 22.1 Å². The third kappa shape index (κ3) is 7.18. The molecule has 1 aromatic carbocycles. The number of amides is 1. The van der Waals surface area contributed by atoms with Crippen molar-refractivity contribution >= 4 is 5.91 Å². The lowest BCUT2D eigenvalue weighted by atomic mass is 9.79. The summed E-state index contributed by atoms with van der Waals surface area (Å²) in [6.45, 7) is 0.677. The molecule has 2 N–H and O–H groups in total. The summed E-state index contributed by atoms with van der Waals surface area (Å²) >= 11 is 0. The molecule has 1 saturated carbocycles. The number of alkyl halides is 5. The number of hydrogen-bond donors (Lipinski definition) is 2. The second-order valence-corrected chi connectivity index (χ2v) is 9.71. The summed E-state index contributed by atoms with van der Waals surface area (Å²) in [5.74, 6) is -0.179. The highest BCUT2D eigenvalue weighted by Crippen LogP contribution is 2.36. The number of hydrogen-bond acceptors (Lipinski definition) is 4. The molecule has 6 nitrogen and oxygen atoms in total. The van der Waals surface area contributed by atoms with Crippen LogP contribution in [0.25, 0.3) is 11.3 Å². The molecular weight excluding hydrogens is 485 g/mol. The minimum absolute atomic E-state index is 0.0408. The first kappa shape index (κ1) is 27.9. The standard InChI is InChI=1S/C25H32F5N3O3/c1-15-8-11-24(35,12-9-15)14-31-22(34)20-16(2)21(33(3)32-20)18-7-6-17(5-4-10-25(28,29)30)13-19(18)36-23(26)27/h6-7,13,15,23,35H,4-5,8-12,14H2,1-3H3,(H,31,34). The van der Waals surface area contributed by atoms with E-state index in [0.717, 1.165) is 12.8 Å². The molecule has 0 atom stereocenters. The van der Waals surface area contributed by atoms with Crippen LogP contribution in [0, 0.1) is 12.8 Å². The Hall–Kier alpha value is -2.69. The van der Waals surface area contributed by atoms with Crippen molar-refractivity contribution in [2.24, 2.45) is 13.0 Å². The second-order valence-electron chi connectivity index (χ2n) is 9.71. The summed E-state index contributed by atoms with van der Waals surface area (Å²) in [4.78, 5) is 12.9. The number of aromatic nitrogens is 2. The van der Waals surface area contributed by atoms with Gasteiger partial charge in [0, 0.05) is 31.1 Å². The van der Waals surface area contributed by atoms with E-state index < -0.39 is 30.7 Å². The monoisotopic (exact) mass is 517 g/mol. The third-order valence-corrected chi connectivity index (χ3v) is 6.72. The van der Waals surface area contributed by atoms with E-state index in [4.69, 9.17) is 0 Å². The Balaban J connectivity index is 1.81. The molecule has 1 heterocycles. The average molecular weight is 518 g/mol. The summed E-state index contributed by atoms with van der Waals surface area (Å²) in [6, 6.07) is 4.33. The Labute approximate surface area is 206 Å². The first-order chi connectivity index (χ1) is 16.8. The van der Waals surface area contributed by atoms with Crippen molar-refractivity contribution in [1.29, 1.82) is 0 Å². The SMILES string of the molecule is Cc1c(C(=O)NCC2(O)CCC(C)CC2)nn(C)c1-c1ccc(CCCC(F)(F)F)cc1OC(F)F. The minimum Gasteiger partial charge on any atom is -0.434 e. The lowest BCUT2D eigenvalue weighted by molar-refractivity contribution is -0.135.